The largest absolute Gasteiger partial charge is 0.577 e. The van der Waals surface area contributed by atoms with Crippen LogP contribution >= 0.6 is 0 Å². The average molecular weight is 436 g/mol. The summed E-state index contributed by atoms with van der Waals surface area (Å²) in [6.07, 6.45) is 0. The van der Waals surface area contributed by atoms with Gasteiger partial charge in [0.2, 0.25) is 0 Å². The Morgan fingerprint density at radius 2 is 1.07 bits per heavy atom. The highest BCUT2D eigenvalue weighted by Crippen LogP contribution is 1.91. The average Bonchev–Trinajstić information content (AvgIpc) is 2.71. The van der Waals surface area contributed by atoms with Gasteiger partial charge in [0.25, 0.3) is 0 Å². The highest BCUT2D eigenvalue weighted by atomic mass is 28.3. The first-order chi connectivity index (χ1) is 13.0. The summed E-state index contributed by atoms with van der Waals surface area (Å²) < 4.78 is 35.4. The van der Waals surface area contributed by atoms with Crippen molar-refractivity contribution in [3.63, 3.8) is 0 Å². The summed E-state index contributed by atoms with van der Waals surface area (Å²) in [6, 6.07) is 9.98. The van der Waals surface area contributed by atoms with E-state index in [1.165, 1.54) is 0 Å². The van der Waals surface area contributed by atoms with Crippen LogP contribution in [0.3, 0.4) is 0 Å². The lowest BCUT2D eigenvalue weighted by molar-refractivity contribution is 0.107. The van der Waals surface area contributed by atoms with E-state index in [0.29, 0.717) is 19.8 Å². The van der Waals surface area contributed by atoms with Gasteiger partial charge in [-0.3, -0.25) is 0 Å². The van der Waals surface area contributed by atoms with Crippen molar-refractivity contribution in [3.05, 3.63) is 30.3 Å². The van der Waals surface area contributed by atoms with Crippen LogP contribution in [-0.2, 0) is 31.0 Å². The van der Waals surface area contributed by atoms with Gasteiger partial charge < -0.3 is 31.0 Å². The first-order valence-electron chi connectivity index (χ1n) is 8.71. The first kappa shape index (κ1) is 28.8. The highest BCUT2D eigenvalue weighted by molar-refractivity contribution is 6.61. The molecule has 157 valence electrons. The zero-order valence-corrected chi connectivity index (χ0v) is 20.9. The molecule has 0 aliphatic carbocycles. The minimum atomic E-state index is -1.40. The fourth-order valence-corrected chi connectivity index (χ4v) is 3.68. The molecule has 0 N–H and O–H groups in total. The second kappa shape index (κ2) is 21.9. The van der Waals surface area contributed by atoms with Crippen LogP contribution in [0.15, 0.2) is 30.3 Å². The second-order valence-corrected chi connectivity index (χ2v) is 9.65. The molecule has 0 bridgehead atoms. The molecule has 0 aromatic heterocycles. The summed E-state index contributed by atoms with van der Waals surface area (Å²) in [4.78, 5) is 0. The van der Waals surface area contributed by atoms with Gasteiger partial charge in [0, 0.05) is 48.3 Å². The van der Waals surface area contributed by atoms with Gasteiger partial charge in [-0.1, -0.05) is 30.3 Å². The molecule has 1 rings (SSSR count). The van der Waals surface area contributed by atoms with Gasteiger partial charge in [0.05, 0.1) is 0 Å². The number of hydrogen-bond acceptors (Lipinski definition) is 7. The van der Waals surface area contributed by atoms with E-state index < -0.39 is 28.1 Å². The van der Waals surface area contributed by atoms with Gasteiger partial charge >= 0.3 is 28.1 Å². The van der Waals surface area contributed by atoms with Gasteiger partial charge in [-0.2, -0.15) is 0 Å². The number of hydrogen-bond donors (Lipinski definition) is 0. The molecule has 0 heterocycles. The molecule has 0 unspecified atom stereocenters. The summed E-state index contributed by atoms with van der Waals surface area (Å²) in [6.45, 7) is 9.72. The van der Waals surface area contributed by atoms with Crippen LogP contribution in [0.2, 0.25) is 6.55 Å². The molecular weight excluding hydrogens is 400 g/mol. The van der Waals surface area contributed by atoms with Gasteiger partial charge in [-0.25, -0.2) is 0 Å². The third-order valence-corrected chi connectivity index (χ3v) is 7.01. The molecule has 0 fully saturated rings. The molecule has 0 aliphatic rings. The lowest BCUT2D eigenvalue weighted by atomic mass is 10.4. The van der Waals surface area contributed by atoms with Crippen molar-refractivity contribution in [2.45, 2.75) is 27.3 Å². The second-order valence-electron chi connectivity index (χ2n) is 4.51. The number of rotatable bonds is 11. The Morgan fingerprint density at radius 3 is 1.33 bits per heavy atom. The zero-order chi connectivity index (χ0) is 20.9. The minimum absolute atomic E-state index is 0.661. The van der Waals surface area contributed by atoms with Crippen molar-refractivity contribution >= 4 is 33.3 Å². The summed E-state index contributed by atoms with van der Waals surface area (Å²) >= 11 is 0. The quantitative estimate of drug-likeness (QED) is 0.494. The molecule has 0 aliphatic heterocycles. The number of benzene rings is 1. The van der Waals surface area contributed by atoms with Crippen LogP contribution in [0.1, 0.15) is 20.8 Å². The van der Waals surface area contributed by atoms with E-state index in [-0.39, 0.29) is 0 Å². The molecule has 10 heteroatoms. The van der Waals surface area contributed by atoms with Crippen molar-refractivity contribution in [2.24, 2.45) is 0 Å². The lowest BCUT2D eigenvalue weighted by Gasteiger charge is -2.10. The molecule has 0 atom stereocenters. The Labute approximate surface area is 170 Å². The topological polar surface area (TPSA) is 64.6 Å². The lowest BCUT2D eigenvalue weighted by Crippen LogP contribution is -2.34. The predicted octanol–water partition coefficient (Wildman–Crippen LogP) is 2.15. The first-order valence-corrected chi connectivity index (χ1v) is 13.1. The Morgan fingerprint density at radius 1 is 0.667 bits per heavy atom. The van der Waals surface area contributed by atoms with Gasteiger partial charge in [-0.15, -0.1) is 0 Å². The molecule has 0 saturated heterocycles. The Bertz CT molecular complexity index is 379. The van der Waals surface area contributed by atoms with Crippen LogP contribution in [0.5, 0.6) is 0 Å². The monoisotopic (exact) mass is 435 g/mol. The molecule has 0 amide bonds. The Balaban J connectivity index is 0. The van der Waals surface area contributed by atoms with Crippen LogP contribution in [0.25, 0.3) is 0 Å². The molecular formula is C17H35O7Si3. The van der Waals surface area contributed by atoms with E-state index in [0.717, 1.165) is 5.19 Å². The third-order valence-electron chi connectivity index (χ3n) is 2.74. The Kier molecular flexibility index (Phi) is 23.3. The van der Waals surface area contributed by atoms with Crippen molar-refractivity contribution in [1.82, 2.24) is 0 Å². The predicted molar refractivity (Wildman–Crippen MR) is 112 cm³/mol. The van der Waals surface area contributed by atoms with E-state index in [1.54, 1.807) is 28.4 Å². The third kappa shape index (κ3) is 17.4. The van der Waals surface area contributed by atoms with E-state index in [2.05, 4.69) is 0 Å². The van der Waals surface area contributed by atoms with E-state index in [1.807, 2.05) is 57.7 Å². The van der Waals surface area contributed by atoms with Crippen LogP contribution < -0.4 is 5.19 Å². The maximum atomic E-state index is 5.18. The SMILES string of the molecule is CCO[Si](OCC)OCC.CO[Si](C)OC.CO[Si](OC)c1ccccc1. The summed E-state index contributed by atoms with van der Waals surface area (Å²) in [5, 5.41) is 1.14. The summed E-state index contributed by atoms with van der Waals surface area (Å²) in [5.74, 6) is 0. The van der Waals surface area contributed by atoms with Gasteiger partial charge in [0.1, 0.15) is 0 Å². The highest BCUT2D eigenvalue weighted by Gasteiger charge is 2.15. The van der Waals surface area contributed by atoms with Crippen LogP contribution in [-0.4, -0.2) is 76.4 Å². The smallest absolute Gasteiger partial charge is 0.397 e. The summed E-state index contributed by atoms with van der Waals surface area (Å²) in [5.41, 5.74) is 0. The van der Waals surface area contributed by atoms with Crippen molar-refractivity contribution < 1.29 is 31.0 Å². The van der Waals surface area contributed by atoms with E-state index in [4.69, 9.17) is 31.0 Å². The molecule has 3 radical (unpaired) electrons. The molecule has 1 aromatic rings. The van der Waals surface area contributed by atoms with E-state index in [9.17, 15) is 0 Å². The summed E-state index contributed by atoms with van der Waals surface area (Å²) in [7, 11) is 3.18. The van der Waals surface area contributed by atoms with Crippen molar-refractivity contribution in [1.29, 1.82) is 0 Å². The zero-order valence-electron chi connectivity index (χ0n) is 17.9. The fourth-order valence-electron chi connectivity index (χ4n) is 1.46. The van der Waals surface area contributed by atoms with Crippen molar-refractivity contribution in [3.8, 4) is 0 Å². The fraction of sp³-hybridized carbons (Fsp3) is 0.647. The normalized spacial score (nSPS) is 10.5. The maximum Gasteiger partial charge on any atom is 0.577 e. The molecule has 0 spiro atoms. The van der Waals surface area contributed by atoms with Crippen molar-refractivity contribution in [2.75, 3.05) is 48.3 Å². The standard InChI is InChI=1S/C8H11O2Si.C6H15O3Si.C3H9O2Si/c1-9-11(10-2)8-6-4-3-5-7-8;1-4-7-10(8-5-2)9-6-3;1-4-6(3)5-2/h3-7H,1-2H3;4-6H2,1-3H3;1-3H3. The van der Waals surface area contributed by atoms with Crippen LogP contribution in [0.4, 0.5) is 0 Å². The maximum absolute atomic E-state index is 5.18. The van der Waals surface area contributed by atoms with E-state index >= 15 is 0 Å². The molecule has 27 heavy (non-hydrogen) atoms. The molecule has 1 aromatic carbocycles. The van der Waals surface area contributed by atoms with Gasteiger partial charge in [-0.05, 0) is 32.5 Å². The minimum Gasteiger partial charge on any atom is -0.397 e. The molecule has 7 nitrogen and oxygen atoms in total. The van der Waals surface area contributed by atoms with Crippen LogP contribution in [0, 0.1) is 0 Å². The van der Waals surface area contributed by atoms with Gasteiger partial charge in [0.15, 0.2) is 0 Å². The Hall–Kier alpha value is -0.409. The molecule has 0 saturated carbocycles.